The molecule has 2 aromatic rings. The van der Waals surface area contributed by atoms with E-state index in [9.17, 15) is 9.59 Å². The fourth-order valence-electron chi connectivity index (χ4n) is 2.66. The van der Waals surface area contributed by atoms with Gasteiger partial charge in [0.2, 0.25) is 5.91 Å². The number of para-hydroxylation sites is 2. The molecule has 0 aliphatic carbocycles. The van der Waals surface area contributed by atoms with E-state index in [-0.39, 0.29) is 36.6 Å². The van der Waals surface area contributed by atoms with Crippen LogP contribution >= 0.6 is 12.4 Å². The number of carbonyl (C=O) groups excluding carboxylic acids is 1. The molecule has 0 radical (unpaired) electrons. The van der Waals surface area contributed by atoms with Crippen LogP contribution in [0.2, 0.25) is 0 Å². The van der Waals surface area contributed by atoms with Gasteiger partial charge < -0.3 is 15.6 Å². The van der Waals surface area contributed by atoms with Crippen molar-refractivity contribution in [2.75, 3.05) is 13.1 Å². The first-order valence-corrected chi connectivity index (χ1v) is 6.91. The number of aromatic amines is 1. The standard InChI is InChI=1S/C14H18N4O2.ClH/c19-13(16-10-4-3-7-15-8-10)9-18-12-6-2-1-5-11(12)17-14(18)20;/h1-2,5-6,10,15H,3-4,7-9H2,(H,16,19)(H,17,20);1H. The number of nitrogens with one attached hydrogen (secondary N) is 3. The Bertz CT molecular complexity index is 673. The van der Waals surface area contributed by atoms with Crippen molar-refractivity contribution in [1.29, 1.82) is 0 Å². The number of piperidine rings is 1. The smallest absolute Gasteiger partial charge is 0.326 e. The van der Waals surface area contributed by atoms with Gasteiger partial charge >= 0.3 is 5.69 Å². The van der Waals surface area contributed by atoms with Gasteiger partial charge in [-0.15, -0.1) is 12.4 Å². The van der Waals surface area contributed by atoms with Crippen molar-refractivity contribution in [3.05, 3.63) is 34.7 Å². The van der Waals surface area contributed by atoms with Gasteiger partial charge in [0.05, 0.1) is 11.0 Å². The molecule has 1 aromatic carbocycles. The minimum absolute atomic E-state index is 0. The molecule has 1 aliphatic heterocycles. The molecule has 1 aromatic heterocycles. The van der Waals surface area contributed by atoms with Crippen LogP contribution in [0.1, 0.15) is 12.8 Å². The molecular weight excluding hydrogens is 292 g/mol. The molecule has 0 saturated carbocycles. The molecule has 21 heavy (non-hydrogen) atoms. The summed E-state index contributed by atoms with van der Waals surface area (Å²) in [5.41, 5.74) is 1.27. The third kappa shape index (κ3) is 3.46. The largest absolute Gasteiger partial charge is 0.351 e. The Balaban J connectivity index is 0.00000161. The molecule has 7 heteroatoms. The second-order valence-corrected chi connectivity index (χ2v) is 5.14. The van der Waals surface area contributed by atoms with E-state index in [1.807, 2.05) is 24.3 Å². The number of carbonyl (C=O) groups is 1. The lowest BCUT2D eigenvalue weighted by Gasteiger charge is -2.23. The second kappa shape index (κ2) is 6.78. The number of H-pyrrole nitrogens is 1. The third-order valence-electron chi connectivity index (χ3n) is 3.65. The van der Waals surface area contributed by atoms with Crippen LogP contribution < -0.4 is 16.3 Å². The van der Waals surface area contributed by atoms with Gasteiger partial charge in [-0.05, 0) is 31.5 Å². The average molecular weight is 311 g/mol. The summed E-state index contributed by atoms with van der Waals surface area (Å²) >= 11 is 0. The van der Waals surface area contributed by atoms with E-state index in [4.69, 9.17) is 0 Å². The molecule has 114 valence electrons. The Labute approximate surface area is 128 Å². The lowest BCUT2D eigenvalue weighted by atomic mass is 10.1. The van der Waals surface area contributed by atoms with Crippen molar-refractivity contribution < 1.29 is 4.79 Å². The molecule has 2 heterocycles. The quantitative estimate of drug-likeness (QED) is 0.777. The molecule has 1 aliphatic rings. The lowest BCUT2D eigenvalue weighted by Crippen LogP contribution is -2.47. The average Bonchev–Trinajstić information content (AvgIpc) is 2.76. The van der Waals surface area contributed by atoms with Crippen molar-refractivity contribution in [1.82, 2.24) is 20.2 Å². The minimum atomic E-state index is -0.247. The minimum Gasteiger partial charge on any atom is -0.351 e. The number of benzene rings is 1. The summed E-state index contributed by atoms with van der Waals surface area (Å²) in [4.78, 5) is 26.7. The van der Waals surface area contributed by atoms with E-state index >= 15 is 0 Å². The highest BCUT2D eigenvalue weighted by molar-refractivity contribution is 5.85. The van der Waals surface area contributed by atoms with Crippen LogP contribution in [0.15, 0.2) is 29.1 Å². The molecule has 1 amide bonds. The first-order valence-electron chi connectivity index (χ1n) is 6.91. The predicted molar refractivity (Wildman–Crippen MR) is 83.8 cm³/mol. The summed E-state index contributed by atoms with van der Waals surface area (Å²) in [7, 11) is 0. The summed E-state index contributed by atoms with van der Waals surface area (Å²) < 4.78 is 1.47. The van der Waals surface area contributed by atoms with Crippen LogP contribution in [0.3, 0.4) is 0 Å². The molecule has 1 fully saturated rings. The second-order valence-electron chi connectivity index (χ2n) is 5.14. The van der Waals surface area contributed by atoms with E-state index in [2.05, 4.69) is 15.6 Å². The number of rotatable bonds is 3. The Morgan fingerprint density at radius 2 is 2.19 bits per heavy atom. The first kappa shape index (κ1) is 15.6. The van der Waals surface area contributed by atoms with Gasteiger partial charge in [0.15, 0.2) is 0 Å². The zero-order chi connectivity index (χ0) is 13.9. The van der Waals surface area contributed by atoms with E-state index in [0.717, 1.165) is 37.0 Å². The molecule has 1 saturated heterocycles. The van der Waals surface area contributed by atoms with Gasteiger partial charge in [0.1, 0.15) is 6.54 Å². The van der Waals surface area contributed by atoms with Crippen LogP contribution in [-0.4, -0.2) is 34.6 Å². The fourth-order valence-corrected chi connectivity index (χ4v) is 2.66. The number of hydrogen-bond donors (Lipinski definition) is 3. The Morgan fingerprint density at radius 3 is 2.95 bits per heavy atom. The molecule has 1 unspecified atom stereocenters. The van der Waals surface area contributed by atoms with Crippen molar-refractivity contribution in [3.8, 4) is 0 Å². The van der Waals surface area contributed by atoms with Crippen LogP contribution in [0.5, 0.6) is 0 Å². The van der Waals surface area contributed by atoms with Crippen LogP contribution in [0.4, 0.5) is 0 Å². The number of aromatic nitrogens is 2. The van der Waals surface area contributed by atoms with E-state index in [0.29, 0.717) is 0 Å². The maximum atomic E-state index is 12.1. The Hall–Kier alpha value is -1.79. The van der Waals surface area contributed by atoms with Gasteiger partial charge in [0.25, 0.3) is 0 Å². The molecular formula is C14H19ClN4O2. The Morgan fingerprint density at radius 1 is 1.38 bits per heavy atom. The summed E-state index contributed by atoms with van der Waals surface area (Å²) in [5, 5.41) is 6.22. The highest BCUT2D eigenvalue weighted by Gasteiger charge is 2.16. The third-order valence-corrected chi connectivity index (χ3v) is 3.65. The number of imidazole rings is 1. The summed E-state index contributed by atoms with van der Waals surface area (Å²) in [5.74, 6) is -0.120. The highest BCUT2D eigenvalue weighted by atomic mass is 35.5. The molecule has 0 spiro atoms. The lowest BCUT2D eigenvalue weighted by molar-refractivity contribution is -0.122. The zero-order valence-corrected chi connectivity index (χ0v) is 12.4. The monoisotopic (exact) mass is 310 g/mol. The van der Waals surface area contributed by atoms with Crippen LogP contribution in [-0.2, 0) is 11.3 Å². The van der Waals surface area contributed by atoms with Crippen LogP contribution in [0.25, 0.3) is 11.0 Å². The first-order chi connectivity index (χ1) is 9.74. The maximum Gasteiger partial charge on any atom is 0.326 e. The SMILES string of the molecule is Cl.O=C(Cn1c(=O)[nH]c2ccccc21)NC1CCCNC1. The van der Waals surface area contributed by atoms with Crippen LogP contribution in [0, 0.1) is 0 Å². The van der Waals surface area contributed by atoms with E-state index < -0.39 is 0 Å². The topological polar surface area (TPSA) is 78.9 Å². The molecule has 3 N–H and O–H groups in total. The molecule has 0 bridgehead atoms. The number of hydrogen-bond acceptors (Lipinski definition) is 3. The fraction of sp³-hybridized carbons (Fsp3) is 0.429. The van der Waals surface area contributed by atoms with Gasteiger partial charge in [-0.3, -0.25) is 9.36 Å². The number of halogens is 1. The summed E-state index contributed by atoms with van der Waals surface area (Å²) in [6.45, 7) is 1.86. The van der Waals surface area contributed by atoms with Crippen molar-refractivity contribution in [3.63, 3.8) is 0 Å². The summed E-state index contributed by atoms with van der Waals surface area (Å²) in [6.07, 6.45) is 2.06. The predicted octanol–water partition coefficient (Wildman–Crippen LogP) is 0.620. The number of fused-ring (bicyclic) bond motifs is 1. The summed E-state index contributed by atoms with van der Waals surface area (Å²) in [6, 6.07) is 7.54. The highest BCUT2D eigenvalue weighted by Crippen LogP contribution is 2.08. The maximum absolute atomic E-state index is 12.1. The zero-order valence-electron chi connectivity index (χ0n) is 11.6. The number of nitrogens with zero attached hydrogens (tertiary/aromatic N) is 1. The normalized spacial score (nSPS) is 18.2. The van der Waals surface area contributed by atoms with Crippen molar-refractivity contribution >= 4 is 29.3 Å². The number of amides is 1. The van der Waals surface area contributed by atoms with Crippen molar-refractivity contribution in [2.24, 2.45) is 0 Å². The Kier molecular flexibility index (Phi) is 5.03. The molecule has 3 rings (SSSR count). The van der Waals surface area contributed by atoms with E-state index in [1.54, 1.807) is 0 Å². The van der Waals surface area contributed by atoms with Gasteiger partial charge in [-0.2, -0.15) is 0 Å². The molecule has 1 atom stereocenters. The van der Waals surface area contributed by atoms with Gasteiger partial charge in [-0.25, -0.2) is 4.79 Å². The molecule has 6 nitrogen and oxygen atoms in total. The van der Waals surface area contributed by atoms with Gasteiger partial charge in [0, 0.05) is 12.6 Å². The van der Waals surface area contributed by atoms with Gasteiger partial charge in [-0.1, -0.05) is 12.1 Å². The van der Waals surface area contributed by atoms with Crippen molar-refractivity contribution in [2.45, 2.75) is 25.4 Å². The van der Waals surface area contributed by atoms with E-state index in [1.165, 1.54) is 4.57 Å².